The van der Waals surface area contributed by atoms with Crippen LogP contribution in [0, 0.1) is 3.57 Å². The highest BCUT2D eigenvalue weighted by Gasteiger charge is 2.26. The van der Waals surface area contributed by atoms with Crippen molar-refractivity contribution in [2.75, 3.05) is 0 Å². The van der Waals surface area contributed by atoms with E-state index in [0.29, 0.717) is 0 Å². The van der Waals surface area contributed by atoms with E-state index < -0.39 is 0 Å². The normalized spacial score (nSPS) is 16.1. The molecule has 1 aliphatic heterocycles. The van der Waals surface area contributed by atoms with Gasteiger partial charge in [0.25, 0.3) is 0 Å². The smallest absolute Gasteiger partial charge is 0.162 e. The van der Waals surface area contributed by atoms with Crippen molar-refractivity contribution < 1.29 is 0 Å². The first-order valence-electron chi connectivity index (χ1n) is 8.12. The number of para-hydroxylation sites is 1. The molecule has 0 spiro atoms. The molecule has 1 aromatic heterocycles. The van der Waals surface area contributed by atoms with Gasteiger partial charge in [-0.2, -0.15) is 0 Å². The van der Waals surface area contributed by atoms with Gasteiger partial charge in [-0.1, -0.05) is 49.7 Å². The molecule has 2 heterocycles. The minimum Gasteiger partial charge on any atom is -0.283 e. The molecule has 4 rings (SSSR count). The van der Waals surface area contributed by atoms with Crippen LogP contribution in [0.1, 0.15) is 42.8 Å². The Morgan fingerprint density at radius 3 is 2.58 bits per heavy atom. The van der Waals surface area contributed by atoms with Gasteiger partial charge >= 0.3 is 0 Å². The SMILES string of the molecule is CCCC1N=C(c2ccccc2I)c2ccccc2-n2cnnc21. The largest absolute Gasteiger partial charge is 0.283 e. The van der Waals surface area contributed by atoms with Crippen LogP contribution in [0.25, 0.3) is 5.69 Å². The van der Waals surface area contributed by atoms with Gasteiger partial charge in [-0.05, 0) is 41.1 Å². The van der Waals surface area contributed by atoms with Gasteiger partial charge in [0.15, 0.2) is 5.82 Å². The molecule has 0 N–H and O–H groups in total. The molecule has 3 aromatic rings. The summed E-state index contributed by atoms with van der Waals surface area (Å²) >= 11 is 2.39. The lowest BCUT2D eigenvalue weighted by Gasteiger charge is -2.12. The van der Waals surface area contributed by atoms with E-state index in [1.54, 1.807) is 6.33 Å². The van der Waals surface area contributed by atoms with Crippen molar-refractivity contribution in [2.45, 2.75) is 25.8 Å². The molecule has 1 atom stereocenters. The third-order valence-electron chi connectivity index (χ3n) is 4.27. The maximum atomic E-state index is 5.14. The van der Waals surface area contributed by atoms with E-state index >= 15 is 0 Å². The fourth-order valence-corrected chi connectivity index (χ4v) is 3.80. The average Bonchev–Trinajstić information content (AvgIpc) is 3.05. The number of aromatic nitrogens is 3. The van der Waals surface area contributed by atoms with Crippen LogP contribution >= 0.6 is 22.6 Å². The zero-order valence-electron chi connectivity index (χ0n) is 13.4. The van der Waals surface area contributed by atoms with Crippen molar-refractivity contribution >= 4 is 28.3 Å². The molecule has 0 saturated heterocycles. The van der Waals surface area contributed by atoms with Crippen molar-refractivity contribution in [3.8, 4) is 5.69 Å². The van der Waals surface area contributed by atoms with Crippen LogP contribution in [0.2, 0.25) is 0 Å². The minimum absolute atomic E-state index is 0.0240. The molecule has 4 nitrogen and oxygen atoms in total. The second-order valence-corrected chi connectivity index (χ2v) is 7.00. The van der Waals surface area contributed by atoms with Gasteiger partial charge in [0.05, 0.1) is 11.4 Å². The van der Waals surface area contributed by atoms with Crippen LogP contribution in [0.4, 0.5) is 0 Å². The average molecular weight is 428 g/mol. The molecular weight excluding hydrogens is 411 g/mol. The first-order chi connectivity index (χ1) is 11.8. The van der Waals surface area contributed by atoms with Crippen molar-refractivity contribution in [3.63, 3.8) is 0 Å². The quantitative estimate of drug-likeness (QED) is 0.574. The van der Waals surface area contributed by atoms with Gasteiger partial charge in [0.2, 0.25) is 0 Å². The lowest BCUT2D eigenvalue weighted by atomic mass is 10.0. The molecule has 24 heavy (non-hydrogen) atoms. The lowest BCUT2D eigenvalue weighted by molar-refractivity contribution is 0.597. The van der Waals surface area contributed by atoms with Crippen LogP contribution in [-0.4, -0.2) is 20.5 Å². The van der Waals surface area contributed by atoms with Gasteiger partial charge in [-0.25, -0.2) is 0 Å². The Hall–Kier alpha value is -2.02. The Labute approximate surface area is 154 Å². The fraction of sp³-hybridized carbons (Fsp3) is 0.211. The van der Waals surface area contributed by atoms with Gasteiger partial charge in [-0.3, -0.25) is 9.56 Å². The Morgan fingerprint density at radius 1 is 1.04 bits per heavy atom. The van der Waals surface area contributed by atoms with Gasteiger partial charge in [0.1, 0.15) is 12.4 Å². The number of rotatable bonds is 3. The predicted molar refractivity (Wildman–Crippen MR) is 104 cm³/mol. The number of nitrogens with zero attached hydrogens (tertiary/aromatic N) is 4. The zero-order chi connectivity index (χ0) is 16.5. The van der Waals surface area contributed by atoms with E-state index in [-0.39, 0.29) is 6.04 Å². The van der Waals surface area contributed by atoms with Crippen LogP contribution < -0.4 is 0 Å². The molecule has 0 radical (unpaired) electrons. The van der Waals surface area contributed by atoms with Gasteiger partial charge in [-0.15, -0.1) is 10.2 Å². The fourth-order valence-electron chi connectivity index (χ4n) is 3.16. The molecule has 120 valence electrons. The van der Waals surface area contributed by atoms with E-state index in [9.17, 15) is 0 Å². The molecule has 0 amide bonds. The van der Waals surface area contributed by atoms with E-state index in [2.05, 4.69) is 92.8 Å². The van der Waals surface area contributed by atoms with E-state index in [1.807, 2.05) is 0 Å². The minimum atomic E-state index is 0.0240. The highest BCUT2D eigenvalue weighted by molar-refractivity contribution is 14.1. The molecule has 0 saturated carbocycles. The Kier molecular flexibility index (Phi) is 4.18. The van der Waals surface area contributed by atoms with Gasteiger partial charge in [0, 0.05) is 14.7 Å². The summed E-state index contributed by atoms with van der Waals surface area (Å²) in [6.45, 7) is 2.18. The molecule has 0 fully saturated rings. The first kappa shape index (κ1) is 15.5. The van der Waals surface area contributed by atoms with Crippen molar-refractivity contribution in [3.05, 3.63) is 75.4 Å². The molecule has 0 bridgehead atoms. The third-order valence-corrected chi connectivity index (χ3v) is 5.21. The summed E-state index contributed by atoms with van der Waals surface area (Å²) in [5.74, 6) is 0.922. The second kappa shape index (κ2) is 6.47. The Balaban J connectivity index is 2.00. The monoisotopic (exact) mass is 428 g/mol. The number of hydrogen-bond acceptors (Lipinski definition) is 3. The summed E-state index contributed by atoms with van der Waals surface area (Å²) in [5, 5.41) is 8.50. The number of aliphatic imine (C=N–C) groups is 1. The summed E-state index contributed by atoms with van der Waals surface area (Å²) < 4.78 is 3.29. The number of hydrogen-bond donors (Lipinski definition) is 0. The first-order valence-corrected chi connectivity index (χ1v) is 9.20. The summed E-state index contributed by atoms with van der Waals surface area (Å²) in [5.41, 5.74) is 4.43. The van der Waals surface area contributed by atoms with E-state index in [4.69, 9.17) is 4.99 Å². The molecule has 0 aliphatic carbocycles. The van der Waals surface area contributed by atoms with Crippen LogP contribution in [0.3, 0.4) is 0 Å². The Bertz CT molecular complexity index is 913. The summed E-state index contributed by atoms with van der Waals surface area (Å²) in [6, 6.07) is 16.8. The second-order valence-electron chi connectivity index (χ2n) is 5.84. The maximum absolute atomic E-state index is 5.14. The standard InChI is InChI=1S/C19H17IN4/c1-2-7-16-19-23-21-12-24(19)17-11-6-4-9-14(17)18(22-16)13-8-3-5-10-15(13)20/h3-6,8-12,16H,2,7H2,1H3. The van der Waals surface area contributed by atoms with Crippen LogP contribution in [0.15, 0.2) is 59.9 Å². The third kappa shape index (κ3) is 2.56. The number of benzene rings is 2. The van der Waals surface area contributed by atoms with Crippen LogP contribution in [-0.2, 0) is 0 Å². The Morgan fingerprint density at radius 2 is 1.79 bits per heavy atom. The molecule has 2 aromatic carbocycles. The van der Waals surface area contributed by atoms with Crippen molar-refractivity contribution in [1.82, 2.24) is 14.8 Å². The molecule has 5 heteroatoms. The number of fused-ring (bicyclic) bond motifs is 3. The predicted octanol–water partition coefficient (Wildman–Crippen LogP) is 4.56. The van der Waals surface area contributed by atoms with Crippen LogP contribution in [0.5, 0.6) is 0 Å². The summed E-state index contributed by atoms with van der Waals surface area (Å²) in [6.07, 6.45) is 3.81. The highest BCUT2D eigenvalue weighted by atomic mass is 127. The summed E-state index contributed by atoms with van der Waals surface area (Å²) in [4.78, 5) is 5.14. The van der Waals surface area contributed by atoms with E-state index in [0.717, 1.165) is 35.6 Å². The maximum Gasteiger partial charge on any atom is 0.162 e. The topological polar surface area (TPSA) is 43.1 Å². The van der Waals surface area contributed by atoms with Crippen molar-refractivity contribution in [2.24, 2.45) is 4.99 Å². The zero-order valence-corrected chi connectivity index (χ0v) is 15.5. The van der Waals surface area contributed by atoms with Crippen molar-refractivity contribution in [1.29, 1.82) is 0 Å². The highest BCUT2D eigenvalue weighted by Crippen LogP contribution is 2.32. The number of halogens is 1. The lowest BCUT2D eigenvalue weighted by Crippen LogP contribution is -2.08. The van der Waals surface area contributed by atoms with E-state index in [1.165, 1.54) is 9.13 Å². The molecule has 1 aliphatic rings. The summed E-state index contributed by atoms with van der Waals surface area (Å²) in [7, 11) is 0. The van der Waals surface area contributed by atoms with Gasteiger partial charge < -0.3 is 0 Å². The molecule has 1 unspecified atom stereocenters. The molecular formula is C19H17IN4.